The molecule has 0 fully saturated rings. The van der Waals surface area contributed by atoms with Crippen LogP contribution in [0.4, 0.5) is 5.69 Å². The lowest BCUT2D eigenvalue weighted by molar-refractivity contribution is 0.661. The fraction of sp³-hybridized carbons (Fsp3) is 0.500. The van der Waals surface area contributed by atoms with Crippen molar-refractivity contribution in [2.45, 2.75) is 25.1 Å². The van der Waals surface area contributed by atoms with Gasteiger partial charge in [-0.25, -0.2) is 4.68 Å². The minimum absolute atomic E-state index is 0.00991. The Morgan fingerprint density at radius 1 is 1.67 bits per heavy atom. The van der Waals surface area contributed by atoms with Crippen LogP contribution in [0.2, 0.25) is 5.02 Å². The molecule has 0 bridgehead atoms. The first-order chi connectivity index (χ1) is 8.41. The predicted octanol–water partition coefficient (Wildman–Crippen LogP) is 2.08. The number of aromatic nitrogens is 2. The first-order valence-corrected chi connectivity index (χ1v) is 6.99. The molecule has 0 aromatic carbocycles. The second kappa shape index (κ2) is 6.17. The van der Waals surface area contributed by atoms with Crippen molar-refractivity contribution in [2.75, 3.05) is 18.1 Å². The summed E-state index contributed by atoms with van der Waals surface area (Å²) < 4.78 is 1.22. The molecule has 0 aliphatic heterocycles. The average molecular weight is 286 g/mol. The van der Waals surface area contributed by atoms with Crippen LogP contribution in [0.3, 0.4) is 0 Å². The van der Waals surface area contributed by atoms with Crippen molar-refractivity contribution in [2.24, 2.45) is 0 Å². The third kappa shape index (κ3) is 3.69. The van der Waals surface area contributed by atoms with Crippen LogP contribution < -0.4 is 10.9 Å². The van der Waals surface area contributed by atoms with Gasteiger partial charge in [-0.05, 0) is 20.1 Å². The Morgan fingerprint density at radius 2 is 2.33 bits per heavy atom. The lowest BCUT2D eigenvalue weighted by Crippen LogP contribution is -2.31. The largest absolute Gasteiger partial charge is 0.378 e. The van der Waals surface area contributed by atoms with Crippen LogP contribution in [0, 0.1) is 12.3 Å². The van der Waals surface area contributed by atoms with Gasteiger partial charge in [0.05, 0.1) is 11.2 Å². The fourth-order valence-corrected chi connectivity index (χ4v) is 1.61. The van der Waals surface area contributed by atoms with E-state index in [9.17, 15) is 4.79 Å². The van der Waals surface area contributed by atoms with Gasteiger partial charge in [-0.1, -0.05) is 17.5 Å². The van der Waals surface area contributed by atoms with E-state index in [1.54, 1.807) is 11.8 Å². The monoisotopic (exact) mass is 285 g/mol. The summed E-state index contributed by atoms with van der Waals surface area (Å²) in [6.07, 6.45) is 8.62. The maximum Gasteiger partial charge on any atom is 0.292 e. The lowest BCUT2D eigenvalue weighted by atomic mass is 10.2. The van der Waals surface area contributed by atoms with Crippen LogP contribution in [-0.4, -0.2) is 27.3 Å². The minimum atomic E-state index is -0.294. The molecular weight excluding hydrogens is 270 g/mol. The molecule has 0 spiro atoms. The van der Waals surface area contributed by atoms with Gasteiger partial charge >= 0.3 is 0 Å². The zero-order chi connectivity index (χ0) is 13.8. The van der Waals surface area contributed by atoms with E-state index in [-0.39, 0.29) is 16.9 Å². The van der Waals surface area contributed by atoms with Crippen LogP contribution in [0.15, 0.2) is 11.0 Å². The zero-order valence-corrected chi connectivity index (χ0v) is 12.2. The maximum atomic E-state index is 12.0. The number of anilines is 1. The number of nitrogens with zero attached hydrogens (tertiary/aromatic N) is 2. The molecule has 1 N–H and O–H groups in total. The molecule has 1 heterocycles. The van der Waals surface area contributed by atoms with Crippen molar-refractivity contribution >= 4 is 29.1 Å². The quantitative estimate of drug-likeness (QED) is 0.842. The van der Waals surface area contributed by atoms with E-state index in [0.717, 1.165) is 0 Å². The van der Waals surface area contributed by atoms with E-state index >= 15 is 0 Å². The van der Waals surface area contributed by atoms with Crippen LogP contribution in [0.1, 0.15) is 13.8 Å². The molecule has 0 unspecified atom stereocenters. The van der Waals surface area contributed by atoms with E-state index in [0.29, 0.717) is 17.3 Å². The molecule has 98 valence electrons. The molecule has 0 radical (unpaired) electrons. The van der Waals surface area contributed by atoms with Gasteiger partial charge in [0.1, 0.15) is 12.2 Å². The van der Waals surface area contributed by atoms with Gasteiger partial charge in [-0.15, -0.1) is 6.42 Å². The van der Waals surface area contributed by atoms with Crippen molar-refractivity contribution in [3.8, 4) is 12.3 Å². The Hall–Kier alpha value is -1.12. The smallest absolute Gasteiger partial charge is 0.292 e. The van der Waals surface area contributed by atoms with Gasteiger partial charge in [0.15, 0.2) is 0 Å². The Labute approximate surface area is 116 Å². The normalized spacial score (nSPS) is 11.1. The van der Waals surface area contributed by atoms with E-state index in [2.05, 4.69) is 30.2 Å². The zero-order valence-electron chi connectivity index (χ0n) is 10.7. The number of halogens is 1. The van der Waals surface area contributed by atoms with Crippen LogP contribution in [-0.2, 0) is 6.54 Å². The molecule has 0 aliphatic carbocycles. The summed E-state index contributed by atoms with van der Waals surface area (Å²) in [6, 6.07) is 0. The average Bonchev–Trinajstić information content (AvgIpc) is 2.33. The molecular formula is C12H16ClN3OS. The van der Waals surface area contributed by atoms with Crippen molar-refractivity contribution in [1.29, 1.82) is 0 Å². The molecule has 18 heavy (non-hydrogen) atoms. The summed E-state index contributed by atoms with van der Waals surface area (Å²) in [4.78, 5) is 12.0. The molecule has 0 atom stereocenters. The van der Waals surface area contributed by atoms with Crippen molar-refractivity contribution in [1.82, 2.24) is 9.78 Å². The van der Waals surface area contributed by atoms with Crippen molar-refractivity contribution in [3.05, 3.63) is 21.6 Å². The van der Waals surface area contributed by atoms with Crippen molar-refractivity contribution < 1.29 is 0 Å². The highest BCUT2D eigenvalue weighted by Crippen LogP contribution is 2.23. The van der Waals surface area contributed by atoms with Crippen LogP contribution >= 0.6 is 23.4 Å². The Bertz CT molecular complexity index is 519. The molecule has 0 aliphatic rings. The second-order valence-electron chi connectivity index (χ2n) is 4.35. The summed E-state index contributed by atoms with van der Waals surface area (Å²) in [7, 11) is 0. The van der Waals surface area contributed by atoms with Gasteiger partial charge in [0.25, 0.3) is 5.56 Å². The second-order valence-corrected chi connectivity index (χ2v) is 6.27. The first kappa shape index (κ1) is 14.9. The molecule has 0 amide bonds. The van der Waals surface area contributed by atoms with E-state index in [1.807, 2.05) is 6.26 Å². The number of terminal acetylenes is 1. The van der Waals surface area contributed by atoms with Crippen LogP contribution in [0.25, 0.3) is 0 Å². The topological polar surface area (TPSA) is 46.9 Å². The van der Waals surface area contributed by atoms with E-state index < -0.39 is 0 Å². The van der Waals surface area contributed by atoms with E-state index in [4.69, 9.17) is 18.0 Å². The SMILES string of the molecule is C#CCn1ncc(Cl)c(NCC(C)(C)SC)c1=O. The summed E-state index contributed by atoms with van der Waals surface area (Å²) >= 11 is 7.69. The number of nitrogens with one attached hydrogen (secondary N) is 1. The summed E-state index contributed by atoms with van der Waals surface area (Å²) in [6.45, 7) is 4.93. The summed E-state index contributed by atoms with van der Waals surface area (Å²) in [5, 5.41) is 7.26. The maximum absolute atomic E-state index is 12.0. The molecule has 6 heteroatoms. The predicted molar refractivity (Wildman–Crippen MR) is 78.4 cm³/mol. The Balaban J connectivity index is 2.99. The highest BCUT2D eigenvalue weighted by atomic mass is 35.5. The Kier molecular flexibility index (Phi) is 5.12. The highest BCUT2D eigenvalue weighted by Gasteiger charge is 2.18. The molecule has 0 saturated heterocycles. The minimum Gasteiger partial charge on any atom is -0.378 e. The molecule has 0 saturated carbocycles. The third-order valence-electron chi connectivity index (χ3n) is 2.48. The number of hydrogen-bond donors (Lipinski definition) is 1. The van der Waals surface area contributed by atoms with E-state index in [1.165, 1.54) is 10.9 Å². The molecule has 1 aromatic rings. The fourth-order valence-electron chi connectivity index (χ4n) is 1.20. The Morgan fingerprint density at radius 3 is 2.89 bits per heavy atom. The van der Waals surface area contributed by atoms with Crippen LogP contribution in [0.5, 0.6) is 0 Å². The van der Waals surface area contributed by atoms with Gasteiger partial charge < -0.3 is 5.32 Å². The number of rotatable bonds is 5. The molecule has 4 nitrogen and oxygen atoms in total. The van der Waals surface area contributed by atoms with Gasteiger partial charge in [-0.2, -0.15) is 16.9 Å². The standard InChI is InChI=1S/C12H16ClN3OS/c1-5-6-16-11(17)10(9(13)7-15-16)14-8-12(2,3)18-4/h1,7,14H,6,8H2,2-4H3. The number of thioether (sulfide) groups is 1. The first-order valence-electron chi connectivity index (χ1n) is 5.39. The van der Waals surface area contributed by atoms with Gasteiger partial charge in [-0.3, -0.25) is 4.79 Å². The van der Waals surface area contributed by atoms with Gasteiger partial charge in [0, 0.05) is 11.3 Å². The van der Waals surface area contributed by atoms with Gasteiger partial charge in [0.2, 0.25) is 0 Å². The third-order valence-corrected chi connectivity index (χ3v) is 4.02. The highest BCUT2D eigenvalue weighted by molar-refractivity contribution is 7.99. The summed E-state index contributed by atoms with van der Waals surface area (Å²) in [5.74, 6) is 2.38. The summed E-state index contributed by atoms with van der Waals surface area (Å²) in [5.41, 5.74) is 0.0568. The molecule has 1 rings (SSSR count). The lowest BCUT2D eigenvalue weighted by Gasteiger charge is -2.23. The molecule has 1 aromatic heterocycles. The van der Waals surface area contributed by atoms with Crippen molar-refractivity contribution in [3.63, 3.8) is 0 Å². The number of hydrogen-bond acceptors (Lipinski definition) is 4.